The zero-order valence-electron chi connectivity index (χ0n) is 13.8. The smallest absolute Gasteiger partial charge is 0.333 e. The van der Waals surface area contributed by atoms with Crippen LogP contribution >= 0.6 is 0 Å². The maximum atomic E-state index is 11.5. The van der Waals surface area contributed by atoms with Crippen molar-refractivity contribution in [3.05, 3.63) is 11.6 Å². The summed E-state index contributed by atoms with van der Waals surface area (Å²) in [6.07, 6.45) is 1.94. The van der Waals surface area contributed by atoms with Crippen LogP contribution in [0.3, 0.4) is 0 Å². The van der Waals surface area contributed by atoms with Gasteiger partial charge in [-0.15, -0.1) is 0 Å². The second-order valence-electron chi connectivity index (χ2n) is 6.62. The van der Waals surface area contributed by atoms with Crippen molar-refractivity contribution >= 4 is 14.3 Å². The summed E-state index contributed by atoms with van der Waals surface area (Å²) in [7, 11) is -1.71. The molecule has 0 saturated heterocycles. The van der Waals surface area contributed by atoms with Crippen LogP contribution in [0.1, 0.15) is 41.5 Å². The Morgan fingerprint density at radius 2 is 1.84 bits per heavy atom. The maximum absolute atomic E-state index is 11.5. The third kappa shape index (κ3) is 6.39. The average Bonchev–Trinajstić information content (AvgIpc) is 2.25. The van der Waals surface area contributed by atoms with Gasteiger partial charge in [0.1, 0.15) is 0 Å². The van der Waals surface area contributed by atoms with E-state index in [-0.39, 0.29) is 16.9 Å². The molecule has 3 nitrogen and oxygen atoms in total. The van der Waals surface area contributed by atoms with Crippen molar-refractivity contribution in [1.29, 1.82) is 0 Å². The van der Waals surface area contributed by atoms with Crippen molar-refractivity contribution in [3.63, 3.8) is 0 Å². The lowest BCUT2D eigenvalue weighted by Crippen LogP contribution is -2.41. The minimum atomic E-state index is -1.71. The highest BCUT2D eigenvalue weighted by molar-refractivity contribution is 6.74. The molecule has 0 spiro atoms. The van der Waals surface area contributed by atoms with Crippen molar-refractivity contribution < 1.29 is 14.0 Å². The Bertz CT molecular complexity index is 327. The van der Waals surface area contributed by atoms with Gasteiger partial charge in [0, 0.05) is 12.2 Å². The molecule has 0 aliphatic rings. The van der Waals surface area contributed by atoms with Gasteiger partial charge in [0.15, 0.2) is 8.32 Å². The van der Waals surface area contributed by atoms with Crippen molar-refractivity contribution in [1.82, 2.24) is 0 Å². The van der Waals surface area contributed by atoms with E-state index >= 15 is 0 Å². The lowest BCUT2D eigenvalue weighted by Gasteiger charge is -2.36. The number of hydrogen-bond acceptors (Lipinski definition) is 3. The second-order valence-corrected chi connectivity index (χ2v) is 11.4. The van der Waals surface area contributed by atoms with Crippen molar-refractivity contribution in [2.75, 3.05) is 13.2 Å². The third-order valence-electron chi connectivity index (χ3n) is 3.65. The Morgan fingerprint density at radius 3 is 2.26 bits per heavy atom. The first-order valence-corrected chi connectivity index (χ1v) is 9.91. The number of esters is 1. The molecule has 0 aromatic heterocycles. The SMILES string of the molecule is CCOC(=O)/C(C)=C/[C@H](C)CO[Si](C)(C)C(C)(C)C. The van der Waals surface area contributed by atoms with Gasteiger partial charge < -0.3 is 9.16 Å². The van der Waals surface area contributed by atoms with E-state index in [1.165, 1.54) is 0 Å². The molecule has 112 valence electrons. The van der Waals surface area contributed by atoms with Gasteiger partial charge in [0.05, 0.1) is 6.61 Å². The van der Waals surface area contributed by atoms with Crippen LogP contribution in [0, 0.1) is 5.92 Å². The first-order chi connectivity index (χ1) is 8.51. The fourth-order valence-corrected chi connectivity index (χ4v) is 2.46. The van der Waals surface area contributed by atoms with Crippen molar-refractivity contribution in [2.45, 2.75) is 59.7 Å². The number of rotatable bonds is 6. The molecule has 0 aromatic carbocycles. The predicted octanol–water partition coefficient (Wildman–Crippen LogP) is 4.15. The van der Waals surface area contributed by atoms with Gasteiger partial charge in [-0.2, -0.15) is 0 Å². The quantitative estimate of drug-likeness (QED) is 0.418. The zero-order valence-corrected chi connectivity index (χ0v) is 14.8. The molecule has 0 fully saturated rings. The molecular formula is C15H30O3Si. The molecule has 0 amide bonds. The van der Waals surface area contributed by atoms with Gasteiger partial charge in [0.25, 0.3) is 0 Å². The molecule has 0 N–H and O–H groups in total. The maximum Gasteiger partial charge on any atom is 0.333 e. The van der Waals surface area contributed by atoms with Crippen molar-refractivity contribution in [2.24, 2.45) is 5.92 Å². The minimum absolute atomic E-state index is 0.215. The molecule has 4 heteroatoms. The van der Waals surface area contributed by atoms with E-state index in [0.29, 0.717) is 18.8 Å². The molecule has 0 aromatic rings. The molecule has 19 heavy (non-hydrogen) atoms. The summed E-state index contributed by atoms with van der Waals surface area (Å²) in [5, 5.41) is 0.215. The van der Waals surface area contributed by atoms with Gasteiger partial charge in [-0.05, 0) is 37.9 Å². The fraction of sp³-hybridized carbons (Fsp3) is 0.800. The van der Waals surface area contributed by atoms with Crippen LogP contribution in [0.5, 0.6) is 0 Å². The Morgan fingerprint density at radius 1 is 1.32 bits per heavy atom. The number of ether oxygens (including phenoxy) is 1. The summed E-state index contributed by atoms with van der Waals surface area (Å²) in [6.45, 7) is 17.9. The highest BCUT2D eigenvalue weighted by atomic mass is 28.4. The van der Waals surface area contributed by atoms with Crippen LogP contribution < -0.4 is 0 Å². The molecule has 0 aliphatic heterocycles. The van der Waals surface area contributed by atoms with E-state index in [0.717, 1.165) is 0 Å². The monoisotopic (exact) mass is 286 g/mol. The Kier molecular flexibility index (Phi) is 7.01. The fourth-order valence-electron chi connectivity index (χ4n) is 1.34. The minimum Gasteiger partial charge on any atom is -0.463 e. The lowest BCUT2D eigenvalue weighted by atomic mass is 10.1. The van der Waals surface area contributed by atoms with Crippen LogP contribution in [-0.2, 0) is 14.0 Å². The second kappa shape index (κ2) is 7.24. The number of carbonyl (C=O) groups is 1. The van der Waals surface area contributed by atoms with Gasteiger partial charge in [0.2, 0.25) is 0 Å². The van der Waals surface area contributed by atoms with Gasteiger partial charge in [-0.1, -0.05) is 33.8 Å². The van der Waals surface area contributed by atoms with Crippen LogP contribution in [0.2, 0.25) is 18.1 Å². The highest BCUT2D eigenvalue weighted by Gasteiger charge is 2.37. The molecule has 0 aliphatic carbocycles. The van der Waals surface area contributed by atoms with E-state index in [9.17, 15) is 4.79 Å². The van der Waals surface area contributed by atoms with Crippen LogP contribution in [-0.4, -0.2) is 27.5 Å². The first-order valence-electron chi connectivity index (χ1n) is 7.00. The summed E-state index contributed by atoms with van der Waals surface area (Å²) < 4.78 is 11.1. The third-order valence-corrected chi connectivity index (χ3v) is 8.15. The zero-order chi connectivity index (χ0) is 15.3. The van der Waals surface area contributed by atoms with E-state index in [4.69, 9.17) is 9.16 Å². The van der Waals surface area contributed by atoms with E-state index < -0.39 is 8.32 Å². The van der Waals surface area contributed by atoms with Gasteiger partial charge in [-0.25, -0.2) is 4.79 Å². The molecular weight excluding hydrogens is 256 g/mol. The molecule has 1 atom stereocenters. The molecule has 0 saturated carbocycles. The summed E-state index contributed by atoms with van der Waals surface area (Å²) in [4.78, 5) is 11.5. The van der Waals surface area contributed by atoms with Crippen LogP contribution in [0.25, 0.3) is 0 Å². The van der Waals surface area contributed by atoms with Gasteiger partial charge in [-0.3, -0.25) is 0 Å². The molecule has 0 rings (SSSR count). The van der Waals surface area contributed by atoms with E-state index in [1.807, 2.05) is 13.0 Å². The largest absolute Gasteiger partial charge is 0.463 e. The Hall–Kier alpha value is -0.613. The topological polar surface area (TPSA) is 35.5 Å². The van der Waals surface area contributed by atoms with E-state index in [1.54, 1.807) is 6.92 Å². The summed E-state index contributed by atoms with van der Waals surface area (Å²) in [6, 6.07) is 0. The molecule has 0 radical (unpaired) electrons. The van der Waals surface area contributed by atoms with Gasteiger partial charge >= 0.3 is 5.97 Å². The first kappa shape index (κ1) is 18.4. The number of carbonyl (C=O) groups excluding carboxylic acids is 1. The average molecular weight is 286 g/mol. The molecule has 0 bridgehead atoms. The Balaban J connectivity index is 4.45. The molecule has 0 heterocycles. The Labute approximate surface area is 119 Å². The summed E-state index contributed by atoms with van der Waals surface area (Å²) in [5.41, 5.74) is 0.660. The standard InChI is InChI=1S/C15H30O3Si/c1-9-17-14(16)13(3)10-12(2)11-18-19(7,8)15(4,5)6/h10,12H,9,11H2,1-8H3/b13-10+/t12-/m0/s1. The normalized spacial score (nSPS) is 15.3. The molecule has 0 unspecified atom stereocenters. The van der Waals surface area contributed by atoms with Crippen LogP contribution in [0.4, 0.5) is 0 Å². The highest BCUT2D eigenvalue weighted by Crippen LogP contribution is 2.36. The predicted molar refractivity (Wildman–Crippen MR) is 82.7 cm³/mol. The number of hydrogen-bond donors (Lipinski definition) is 0. The van der Waals surface area contributed by atoms with Crippen molar-refractivity contribution in [3.8, 4) is 0 Å². The lowest BCUT2D eigenvalue weighted by molar-refractivity contribution is -0.138. The summed E-state index contributed by atoms with van der Waals surface area (Å²) in [5.74, 6) is -0.0137. The summed E-state index contributed by atoms with van der Waals surface area (Å²) >= 11 is 0. The van der Waals surface area contributed by atoms with E-state index in [2.05, 4.69) is 40.8 Å². The van der Waals surface area contributed by atoms with Crippen LogP contribution in [0.15, 0.2) is 11.6 Å².